The molecule has 2 atom stereocenters. The third-order valence-electron chi connectivity index (χ3n) is 4.31. The van der Waals surface area contributed by atoms with Crippen molar-refractivity contribution in [2.24, 2.45) is 0 Å². The molecule has 0 bridgehead atoms. The number of amides is 2. The van der Waals surface area contributed by atoms with Gasteiger partial charge < -0.3 is 14.7 Å². The van der Waals surface area contributed by atoms with E-state index in [1.807, 2.05) is 13.2 Å². The topological polar surface area (TPSA) is 71.3 Å². The third-order valence-corrected chi connectivity index (χ3v) is 5.05. The van der Waals surface area contributed by atoms with E-state index in [1.54, 1.807) is 23.6 Å². The van der Waals surface area contributed by atoms with Crippen molar-refractivity contribution in [2.75, 3.05) is 12.8 Å². The van der Waals surface area contributed by atoms with E-state index in [9.17, 15) is 4.79 Å². The number of nitrogens with one attached hydrogen (secondary N) is 1. The van der Waals surface area contributed by atoms with Crippen LogP contribution in [0.5, 0.6) is 0 Å². The van der Waals surface area contributed by atoms with Gasteiger partial charge in [-0.25, -0.2) is 4.79 Å². The van der Waals surface area contributed by atoms with Gasteiger partial charge in [-0.2, -0.15) is 4.98 Å². The van der Waals surface area contributed by atoms with Crippen molar-refractivity contribution in [3.8, 4) is 0 Å². The van der Waals surface area contributed by atoms with Crippen LogP contribution in [0.3, 0.4) is 0 Å². The lowest BCUT2D eigenvalue weighted by molar-refractivity contribution is 0.186. The highest BCUT2D eigenvalue weighted by Crippen LogP contribution is 2.30. The van der Waals surface area contributed by atoms with Crippen molar-refractivity contribution in [1.82, 2.24) is 20.4 Å². The first-order chi connectivity index (χ1) is 11.6. The molecule has 1 aromatic heterocycles. The van der Waals surface area contributed by atoms with Crippen LogP contribution in [-0.4, -0.2) is 33.9 Å². The summed E-state index contributed by atoms with van der Waals surface area (Å²) in [5.41, 5.74) is 1.09. The molecule has 128 valence electrons. The first kappa shape index (κ1) is 16.8. The maximum Gasteiger partial charge on any atom is 0.318 e. The number of carbonyl (C=O) groups is 1. The zero-order chi connectivity index (χ0) is 17.1. The highest BCUT2D eigenvalue weighted by molar-refractivity contribution is 7.98. The molecule has 1 aliphatic rings. The highest BCUT2D eigenvalue weighted by atomic mass is 32.2. The Labute approximate surface area is 146 Å². The number of hydrogen-bond donors (Lipinski definition) is 1. The number of thioether (sulfide) groups is 1. The summed E-state index contributed by atoms with van der Waals surface area (Å²) in [4.78, 5) is 20.0. The van der Waals surface area contributed by atoms with Crippen molar-refractivity contribution >= 4 is 17.8 Å². The van der Waals surface area contributed by atoms with Crippen molar-refractivity contribution in [2.45, 2.75) is 43.7 Å². The molecule has 0 spiro atoms. The number of rotatable bonds is 4. The number of aromatic nitrogens is 2. The van der Waals surface area contributed by atoms with E-state index in [0.29, 0.717) is 18.3 Å². The maximum atomic E-state index is 12.7. The van der Waals surface area contributed by atoms with Crippen LogP contribution in [0, 0.1) is 6.92 Å². The molecule has 7 heteroatoms. The summed E-state index contributed by atoms with van der Waals surface area (Å²) < 4.78 is 5.06. The first-order valence-electron chi connectivity index (χ1n) is 8.10. The minimum absolute atomic E-state index is 0.0540. The summed E-state index contributed by atoms with van der Waals surface area (Å²) in [5, 5.41) is 7.05. The second-order valence-corrected chi connectivity index (χ2v) is 6.85. The number of likely N-dealkylation sites (tertiary alicyclic amines) is 1. The van der Waals surface area contributed by atoms with Gasteiger partial charge in [0, 0.05) is 18.4 Å². The summed E-state index contributed by atoms with van der Waals surface area (Å²) in [6, 6.07) is 8.02. The fraction of sp³-hybridized carbons (Fsp3) is 0.471. The molecule has 2 amide bonds. The van der Waals surface area contributed by atoms with Gasteiger partial charge in [0.05, 0.1) is 12.1 Å². The summed E-state index contributed by atoms with van der Waals surface area (Å²) >= 11 is 1.71. The zero-order valence-corrected chi connectivity index (χ0v) is 15.0. The summed E-state index contributed by atoms with van der Waals surface area (Å²) in [6.07, 6.45) is 3.86. The van der Waals surface area contributed by atoms with E-state index in [2.05, 4.69) is 39.7 Å². The SMILES string of the molecule is CSc1ccc([C@@H](C)NC(=O)N2CCCC2c2noc(C)n2)cc1. The van der Waals surface area contributed by atoms with E-state index in [4.69, 9.17) is 4.52 Å². The average molecular weight is 346 g/mol. The van der Waals surface area contributed by atoms with Crippen LogP contribution in [0.25, 0.3) is 0 Å². The molecule has 3 rings (SSSR count). The predicted molar refractivity (Wildman–Crippen MR) is 92.9 cm³/mol. The third kappa shape index (κ3) is 3.56. The van der Waals surface area contributed by atoms with Gasteiger partial charge in [0.25, 0.3) is 0 Å². The lowest BCUT2D eigenvalue weighted by atomic mass is 10.1. The number of urea groups is 1. The van der Waals surface area contributed by atoms with Gasteiger partial charge in [0.1, 0.15) is 0 Å². The number of aryl methyl sites for hydroxylation is 1. The van der Waals surface area contributed by atoms with Crippen LogP contribution >= 0.6 is 11.8 Å². The normalized spacial score (nSPS) is 18.6. The molecule has 2 aromatic rings. The molecule has 1 N–H and O–H groups in total. The number of benzene rings is 1. The van der Waals surface area contributed by atoms with Crippen molar-refractivity contribution in [1.29, 1.82) is 0 Å². The molecule has 2 heterocycles. The summed E-state index contributed by atoms with van der Waals surface area (Å²) in [5.74, 6) is 1.12. The second kappa shape index (κ2) is 7.25. The minimum atomic E-state index is -0.103. The predicted octanol–water partition coefficient (Wildman–Crippen LogP) is 3.71. The van der Waals surface area contributed by atoms with Gasteiger partial charge in [-0.3, -0.25) is 0 Å². The van der Waals surface area contributed by atoms with Gasteiger partial charge in [-0.15, -0.1) is 11.8 Å². The molecular formula is C17H22N4O2S. The molecule has 1 fully saturated rings. The molecule has 1 aromatic carbocycles. The Bertz CT molecular complexity index is 701. The molecule has 1 unspecified atom stereocenters. The molecule has 1 saturated heterocycles. The van der Waals surface area contributed by atoms with Crippen molar-refractivity contribution in [3.63, 3.8) is 0 Å². The maximum absolute atomic E-state index is 12.7. The molecular weight excluding hydrogens is 324 g/mol. The van der Waals surface area contributed by atoms with Crippen molar-refractivity contribution < 1.29 is 9.32 Å². The Hall–Kier alpha value is -2.02. The van der Waals surface area contributed by atoms with Crippen molar-refractivity contribution in [3.05, 3.63) is 41.5 Å². The van der Waals surface area contributed by atoms with Gasteiger partial charge in [0.2, 0.25) is 5.89 Å². The Kier molecular flexibility index (Phi) is 5.08. The van der Waals surface area contributed by atoms with E-state index in [0.717, 1.165) is 18.4 Å². The minimum Gasteiger partial charge on any atom is -0.340 e. The fourth-order valence-electron chi connectivity index (χ4n) is 2.97. The molecule has 0 saturated carbocycles. The standard InChI is InChI=1S/C17H22N4O2S/c1-11(13-6-8-14(24-3)9-7-13)18-17(22)21-10-4-5-15(21)16-19-12(2)23-20-16/h6-9,11,15H,4-5,10H2,1-3H3,(H,18,22)/t11-,15?/m1/s1. The molecule has 1 aliphatic heterocycles. The van der Waals surface area contributed by atoms with Crippen LogP contribution in [0.2, 0.25) is 0 Å². The van der Waals surface area contributed by atoms with E-state index in [-0.39, 0.29) is 18.1 Å². The Morgan fingerprint density at radius 1 is 1.42 bits per heavy atom. The summed E-state index contributed by atoms with van der Waals surface area (Å²) in [6.45, 7) is 4.47. The molecule has 0 radical (unpaired) electrons. The Morgan fingerprint density at radius 2 is 2.17 bits per heavy atom. The number of hydrogen-bond acceptors (Lipinski definition) is 5. The zero-order valence-electron chi connectivity index (χ0n) is 14.2. The lowest BCUT2D eigenvalue weighted by Gasteiger charge is -2.25. The van der Waals surface area contributed by atoms with E-state index in [1.165, 1.54) is 4.90 Å². The van der Waals surface area contributed by atoms with Gasteiger partial charge in [0.15, 0.2) is 5.82 Å². The van der Waals surface area contributed by atoms with Gasteiger partial charge in [-0.05, 0) is 43.7 Å². The number of nitrogens with zero attached hydrogens (tertiary/aromatic N) is 3. The Morgan fingerprint density at radius 3 is 2.79 bits per heavy atom. The molecule has 6 nitrogen and oxygen atoms in total. The van der Waals surface area contributed by atoms with Crippen LogP contribution in [0.4, 0.5) is 4.79 Å². The fourth-order valence-corrected chi connectivity index (χ4v) is 3.38. The van der Waals surface area contributed by atoms with Crippen LogP contribution in [0.1, 0.15) is 49.1 Å². The number of carbonyl (C=O) groups excluding carboxylic acids is 1. The quantitative estimate of drug-likeness (QED) is 0.855. The van der Waals surface area contributed by atoms with E-state index < -0.39 is 0 Å². The van der Waals surface area contributed by atoms with Gasteiger partial charge >= 0.3 is 6.03 Å². The van der Waals surface area contributed by atoms with Crippen LogP contribution in [0.15, 0.2) is 33.7 Å². The lowest BCUT2D eigenvalue weighted by Crippen LogP contribution is -2.40. The van der Waals surface area contributed by atoms with E-state index >= 15 is 0 Å². The van der Waals surface area contributed by atoms with Crippen LogP contribution < -0.4 is 5.32 Å². The molecule has 0 aliphatic carbocycles. The van der Waals surface area contributed by atoms with Gasteiger partial charge in [-0.1, -0.05) is 17.3 Å². The largest absolute Gasteiger partial charge is 0.340 e. The smallest absolute Gasteiger partial charge is 0.318 e. The monoisotopic (exact) mass is 346 g/mol. The highest BCUT2D eigenvalue weighted by Gasteiger charge is 2.33. The van der Waals surface area contributed by atoms with Crippen LogP contribution in [-0.2, 0) is 0 Å². The average Bonchev–Trinajstić information content (AvgIpc) is 3.23. The summed E-state index contributed by atoms with van der Waals surface area (Å²) in [7, 11) is 0. The Balaban J connectivity index is 1.66. The second-order valence-electron chi connectivity index (χ2n) is 5.97. The first-order valence-corrected chi connectivity index (χ1v) is 9.32. The molecule has 24 heavy (non-hydrogen) atoms.